The topological polar surface area (TPSA) is 46.3 Å². The minimum Gasteiger partial charge on any atom is -0.398 e. The predicted octanol–water partition coefficient (Wildman–Crippen LogP) is 2.66. The Morgan fingerprint density at radius 2 is 2.24 bits per heavy atom. The Labute approximate surface area is 109 Å². The van der Waals surface area contributed by atoms with Crippen LogP contribution in [0, 0.1) is 5.92 Å². The van der Waals surface area contributed by atoms with Crippen LogP contribution >= 0.6 is 15.9 Å². The molecule has 1 saturated carbocycles. The summed E-state index contributed by atoms with van der Waals surface area (Å²) in [5.74, 6) is 0.888. The van der Waals surface area contributed by atoms with Crippen LogP contribution in [0.1, 0.15) is 29.6 Å². The molecule has 2 N–H and O–H groups in total. The van der Waals surface area contributed by atoms with Gasteiger partial charge < -0.3 is 10.6 Å². The number of hydrogen-bond donors (Lipinski definition) is 1. The molecule has 2 bridgehead atoms. The van der Waals surface area contributed by atoms with Crippen molar-refractivity contribution in [2.75, 3.05) is 12.3 Å². The Morgan fingerprint density at radius 1 is 1.41 bits per heavy atom. The van der Waals surface area contributed by atoms with Crippen molar-refractivity contribution in [3.05, 3.63) is 28.2 Å². The lowest BCUT2D eigenvalue weighted by Gasteiger charge is -2.27. The summed E-state index contributed by atoms with van der Waals surface area (Å²) in [6.07, 6.45) is 3.66. The molecular weight excluding hydrogens is 280 g/mol. The normalized spacial score (nSPS) is 26.5. The zero-order valence-corrected chi connectivity index (χ0v) is 11.1. The maximum Gasteiger partial charge on any atom is 0.254 e. The molecule has 17 heavy (non-hydrogen) atoms. The fraction of sp³-hybridized carbons (Fsp3) is 0.462. The number of amides is 1. The van der Waals surface area contributed by atoms with Gasteiger partial charge in [-0.1, -0.05) is 0 Å². The average Bonchev–Trinajstić information content (AvgIpc) is 2.93. The number of nitrogen functional groups attached to an aromatic ring is 1. The van der Waals surface area contributed by atoms with Crippen LogP contribution in [-0.4, -0.2) is 23.4 Å². The molecule has 3 nitrogen and oxygen atoms in total. The van der Waals surface area contributed by atoms with E-state index in [4.69, 9.17) is 5.73 Å². The lowest BCUT2D eigenvalue weighted by atomic mass is 10.1. The van der Waals surface area contributed by atoms with Gasteiger partial charge in [0.1, 0.15) is 0 Å². The highest BCUT2D eigenvalue weighted by atomic mass is 79.9. The molecule has 0 aromatic heterocycles. The minimum atomic E-state index is 0.151. The second kappa shape index (κ2) is 4.02. The Balaban J connectivity index is 1.84. The Bertz CT molecular complexity index is 474. The first-order valence-corrected chi connectivity index (χ1v) is 6.80. The number of carbonyl (C=O) groups excluding carboxylic acids is 1. The van der Waals surface area contributed by atoms with Gasteiger partial charge in [0, 0.05) is 28.3 Å². The number of halogens is 1. The van der Waals surface area contributed by atoms with Crippen LogP contribution in [0.4, 0.5) is 5.69 Å². The molecule has 1 aliphatic heterocycles. The van der Waals surface area contributed by atoms with Crippen molar-refractivity contribution < 1.29 is 4.79 Å². The summed E-state index contributed by atoms with van der Waals surface area (Å²) in [5.41, 5.74) is 7.14. The molecule has 0 radical (unpaired) electrons. The maximum atomic E-state index is 12.4. The molecule has 1 saturated heterocycles. The highest BCUT2D eigenvalue weighted by Crippen LogP contribution is 2.38. The van der Waals surface area contributed by atoms with E-state index in [1.165, 1.54) is 19.3 Å². The van der Waals surface area contributed by atoms with Crippen LogP contribution in [0.5, 0.6) is 0 Å². The number of hydrogen-bond acceptors (Lipinski definition) is 2. The third-order valence-electron chi connectivity index (χ3n) is 3.92. The molecule has 1 heterocycles. The zero-order valence-electron chi connectivity index (χ0n) is 9.53. The zero-order chi connectivity index (χ0) is 12.0. The number of likely N-dealkylation sites (tertiary alicyclic amines) is 1. The summed E-state index contributed by atoms with van der Waals surface area (Å²) in [7, 11) is 0. The van der Waals surface area contributed by atoms with E-state index < -0.39 is 0 Å². The average molecular weight is 295 g/mol. The fourth-order valence-electron chi connectivity index (χ4n) is 3.00. The number of nitrogens with two attached hydrogens (primary N) is 1. The fourth-order valence-corrected chi connectivity index (χ4v) is 3.38. The SMILES string of the molecule is Nc1ccc(C(=O)N2CC3CCC2C3)cc1Br. The highest BCUT2D eigenvalue weighted by molar-refractivity contribution is 9.10. The van der Waals surface area contributed by atoms with Gasteiger partial charge in [0.25, 0.3) is 5.91 Å². The summed E-state index contributed by atoms with van der Waals surface area (Å²) in [6, 6.07) is 5.90. The van der Waals surface area contributed by atoms with Gasteiger partial charge in [-0.05, 0) is 59.3 Å². The minimum absolute atomic E-state index is 0.151. The van der Waals surface area contributed by atoms with Crippen molar-refractivity contribution >= 4 is 27.5 Å². The number of piperidine rings is 1. The first kappa shape index (κ1) is 11.1. The molecule has 2 atom stereocenters. The first-order valence-electron chi connectivity index (χ1n) is 6.01. The second-order valence-corrected chi connectivity index (χ2v) is 5.88. The van der Waals surface area contributed by atoms with Gasteiger partial charge in [0.15, 0.2) is 0 Å². The maximum absolute atomic E-state index is 12.4. The lowest BCUT2D eigenvalue weighted by Crippen LogP contribution is -2.37. The lowest BCUT2D eigenvalue weighted by molar-refractivity contribution is 0.0703. The van der Waals surface area contributed by atoms with E-state index in [2.05, 4.69) is 15.9 Å². The van der Waals surface area contributed by atoms with Crippen molar-refractivity contribution in [1.82, 2.24) is 4.90 Å². The molecule has 1 aromatic carbocycles. The van der Waals surface area contributed by atoms with Crippen LogP contribution < -0.4 is 5.73 Å². The number of benzene rings is 1. The molecule has 1 amide bonds. The molecule has 0 spiro atoms. The van der Waals surface area contributed by atoms with Crippen LogP contribution in [0.15, 0.2) is 22.7 Å². The van der Waals surface area contributed by atoms with Crippen molar-refractivity contribution in [3.63, 3.8) is 0 Å². The van der Waals surface area contributed by atoms with Crippen molar-refractivity contribution in [1.29, 1.82) is 0 Å². The van der Waals surface area contributed by atoms with Crippen LogP contribution in [-0.2, 0) is 0 Å². The molecule has 2 aliphatic rings. The number of nitrogens with zero attached hydrogens (tertiary/aromatic N) is 1. The van der Waals surface area contributed by atoms with E-state index >= 15 is 0 Å². The largest absolute Gasteiger partial charge is 0.398 e. The third-order valence-corrected chi connectivity index (χ3v) is 4.60. The number of carbonyl (C=O) groups is 1. The van der Waals surface area contributed by atoms with Gasteiger partial charge in [-0.25, -0.2) is 0 Å². The summed E-state index contributed by atoms with van der Waals surface area (Å²) in [6.45, 7) is 0.936. The number of rotatable bonds is 1. The van der Waals surface area contributed by atoms with Gasteiger partial charge in [-0.15, -0.1) is 0 Å². The monoisotopic (exact) mass is 294 g/mol. The number of anilines is 1. The van der Waals surface area contributed by atoms with Crippen LogP contribution in [0.2, 0.25) is 0 Å². The molecule has 3 rings (SSSR count). The second-order valence-electron chi connectivity index (χ2n) is 5.03. The van der Waals surface area contributed by atoms with Crippen LogP contribution in [0.25, 0.3) is 0 Å². The standard InChI is InChI=1S/C13H15BrN2O/c14-11-6-9(2-4-12(11)15)13(17)16-7-8-1-3-10(16)5-8/h2,4,6,8,10H,1,3,5,7,15H2. The Hall–Kier alpha value is -1.03. The van der Waals surface area contributed by atoms with Crippen molar-refractivity contribution in [2.45, 2.75) is 25.3 Å². The quantitative estimate of drug-likeness (QED) is 0.810. The van der Waals surface area contributed by atoms with E-state index in [1.807, 2.05) is 17.0 Å². The van der Waals surface area contributed by atoms with Gasteiger partial charge in [-0.2, -0.15) is 0 Å². The Morgan fingerprint density at radius 3 is 2.82 bits per heavy atom. The van der Waals surface area contributed by atoms with E-state index in [0.29, 0.717) is 11.7 Å². The molecule has 1 aliphatic carbocycles. The molecule has 2 unspecified atom stereocenters. The highest BCUT2D eigenvalue weighted by Gasteiger charge is 2.40. The van der Waals surface area contributed by atoms with E-state index in [9.17, 15) is 4.79 Å². The molecule has 2 fully saturated rings. The van der Waals surface area contributed by atoms with E-state index in [-0.39, 0.29) is 5.91 Å². The van der Waals surface area contributed by atoms with Gasteiger partial charge >= 0.3 is 0 Å². The summed E-state index contributed by atoms with van der Waals surface area (Å²) < 4.78 is 0.799. The molecule has 1 aromatic rings. The van der Waals surface area contributed by atoms with Gasteiger partial charge in [0.05, 0.1) is 0 Å². The Kier molecular flexibility index (Phi) is 2.62. The first-order chi connectivity index (χ1) is 8.15. The molecular formula is C13H15BrN2O. The number of fused-ring (bicyclic) bond motifs is 2. The molecule has 4 heteroatoms. The van der Waals surface area contributed by atoms with Crippen molar-refractivity contribution in [2.24, 2.45) is 5.92 Å². The van der Waals surface area contributed by atoms with Crippen molar-refractivity contribution in [3.8, 4) is 0 Å². The van der Waals surface area contributed by atoms with Gasteiger partial charge in [-0.3, -0.25) is 4.79 Å². The molecule has 90 valence electrons. The van der Waals surface area contributed by atoms with E-state index in [0.717, 1.165) is 22.5 Å². The predicted molar refractivity (Wildman–Crippen MR) is 70.7 cm³/mol. The summed E-state index contributed by atoms with van der Waals surface area (Å²) >= 11 is 3.37. The third kappa shape index (κ3) is 1.84. The van der Waals surface area contributed by atoms with E-state index in [1.54, 1.807) is 6.07 Å². The smallest absolute Gasteiger partial charge is 0.254 e. The summed E-state index contributed by atoms with van der Waals surface area (Å²) in [5, 5.41) is 0. The van der Waals surface area contributed by atoms with Gasteiger partial charge in [0.2, 0.25) is 0 Å². The van der Waals surface area contributed by atoms with Crippen LogP contribution in [0.3, 0.4) is 0 Å². The summed E-state index contributed by atoms with van der Waals surface area (Å²) in [4.78, 5) is 14.4.